The lowest BCUT2D eigenvalue weighted by Gasteiger charge is -2.29. The van der Waals surface area contributed by atoms with Crippen molar-refractivity contribution in [1.82, 2.24) is 5.32 Å². The first-order chi connectivity index (χ1) is 16.8. The molecule has 1 fully saturated rings. The Labute approximate surface area is 233 Å². The van der Waals surface area contributed by atoms with Crippen LogP contribution in [0.15, 0.2) is 66.2 Å². The quantitative estimate of drug-likeness (QED) is 0.159. The monoisotopic (exact) mass is 714 g/mol. The van der Waals surface area contributed by atoms with Gasteiger partial charge in [0.1, 0.15) is 18.0 Å². The van der Waals surface area contributed by atoms with Crippen LogP contribution >= 0.6 is 57.4 Å². The Morgan fingerprint density at radius 1 is 1.09 bits per heavy atom. The van der Waals surface area contributed by atoms with Crippen LogP contribution in [-0.2, 0) is 16.2 Å². The van der Waals surface area contributed by atoms with Gasteiger partial charge < -0.3 is 9.47 Å². The second-order valence-electron chi connectivity index (χ2n) is 7.36. The second-order valence-corrected chi connectivity index (χ2v) is 10.2. The molecule has 1 heterocycles. The molecule has 0 unspecified atom stereocenters. The van der Waals surface area contributed by atoms with Crippen molar-refractivity contribution in [2.24, 2.45) is 0 Å². The van der Waals surface area contributed by atoms with E-state index in [0.717, 1.165) is 17.6 Å². The van der Waals surface area contributed by atoms with Crippen molar-refractivity contribution in [3.05, 3.63) is 90.3 Å². The molecule has 0 saturated carbocycles. The lowest BCUT2D eigenvalue weighted by Crippen LogP contribution is -2.54. The van der Waals surface area contributed by atoms with E-state index < -0.39 is 17.6 Å². The van der Waals surface area contributed by atoms with Gasteiger partial charge in [0.15, 0.2) is 16.6 Å². The van der Waals surface area contributed by atoms with Crippen molar-refractivity contribution < 1.29 is 23.5 Å². The third-order valence-electron chi connectivity index (χ3n) is 5.05. The zero-order valence-electron chi connectivity index (χ0n) is 18.2. The first-order valence-electron chi connectivity index (χ1n) is 10.2. The molecule has 0 aliphatic carbocycles. The molecule has 1 N–H and O–H groups in total. The molecule has 10 heteroatoms. The number of thiocarbonyl (C=S) groups is 1. The molecule has 1 aliphatic heterocycles. The van der Waals surface area contributed by atoms with Crippen molar-refractivity contribution in [3.63, 3.8) is 0 Å². The number of hydrogen-bond acceptors (Lipinski definition) is 5. The Kier molecular flexibility index (Phi) is 8.02. The summed E-state index contributed by atoms with van der Waals surface area (Å²) in [5, 5.41) is 2.27. The van der Waals surface area contributed by atoms with Crippen molar-refractivity contribution in [2.75, 3.05) is 12.0 Å². The summed E-state index contributed by atoms with van der Waals surface area (Å²) in [5.74, 6) is -1.04. The second kappa shape index (κ2) is 11.0. The van der Waals surface area contributed by atoms with Crippen LogP contribution in [0.25, 0.3) is 6.08 Å². The van der Waals surface area contributed by atoms with Gasteiger partial charge in [-0.25, -0.2) is 9.29 Å². The van der Waals surface area contributed by atoms with Gasteiger partial charge in [-0.1, -0.05) is 24.3 Å². The maximum absolute atomic E-state index is 14.4. The zero-order valence-corrected chi connectivity index (χ0v) is 23.3. The largest absolute Gasteiger partial charge is 0.493 e. The predicted molar refractivity (Wildman–Crippen MR) is 152 cm³/mol. The number of nitrogens with zero attached hydrogens (tertiary/aromatic N) is 1. The highest BCUT2D eigenvalue weighted by Gasteiger charge is 2.35. The van der Waals surface area contributed by atoms with Gasteiger partial charge in [0.05, 0.1) is 16.4 Å². The molecule has 0 bridgehead atoms. The number of benzene rings is 3. The minimum Gasteiger partial charge on any atom is -0.493 e. The molecule has 3 aromatic rings. The number of rotatable bonds is 6. The topological polar surface area (TPSA) is 67.9 Å². The van der Waals surface area contributed by atoms with E-state index in [0.29, 0.717) is 23.7 Å². The molecule has 2 amide bonds. The molecular formula is C25H17FI2N2O4S. The van der Waals surface area contributed by atoms with Crippen molar-refractivity contribution in [3.8, 4) is 11.5 Å². The normalized spacial score (nSPS) is 14.8. The number of ether oxygens (including phenoxy) is 2. The Balaban J connectivity index is 1.64. The molecule has 35 heavy (non-hydrogen) atoms. The lowest BCUT2D eigenvalue weighted by molar-refractivity contribution is -0.122. The van der Waals surface area contributed by atoms with Gasteiger partial charge in [-0.3, -0.25) is 14.9 Å². The summed E-state index contributed by atoms with van der Waals surface area (Å²) in [6.45, 7) is 0.347. The Hall–Kier alpha value is -2.58. The Bertz CT molecular complexity index is 1360. The number of carbonyl (C=O) groups excluding carboxylic acids is 2. The molecule has 3 aromatic carbocycles. The molecule has 1 aliphatic rings. The molecule has 1 saturated heterocycles. The maximum Gasteiger partial charge on any atom is 0.270 e. The summed E-state index contributed by atoms with van der Waals surface area (Å²) in [4.78, 5) is 26.8. The summed E-state index contributed by atoms with van der Waals surface area (Å²) in [6.07, 6.45) is 1.42. The number of carbonyl (C=O) groups is 2. The fourth-order valence-corrected chi connectivity index (χ4v) is 4.79. The van der Waals surface area contributed by atoms with Gasteiger partial charge in [-0.15, -0.1) is 0 Å². The fraction of sp³-hybridized carbons (Fsp3) is 0.0800. The minimum atomic E-state index is -0.725. The number of nitrogens with one attached hydrogen (secondary N) is 1. The van der Waals surface area contributed by atoms with Crippen LogP contribution in [0.5, 0.6) is 11.5 Å². The lowest BCUT2D eigenvalue weighted by atomic mass is 10.1. The van der Waals surface area contributed by atoms with Gasteiger partial charge in [-0.05, 0) is 111 Å². The van der Waals surface area contributed by atoms with Crippen molar-refractivity contribution in [2.45, 2.75) is 6.61 Å². The number of amides is 2. The highest BCUT2D eigenvalue weighted by atomic mass is 127. The van der Waals surface area contributed by atoms with Crippen LogP contribution in [0, 0.1) is 13.0 Å². The number of anilines is 1. The zero-order chi connectivity index (χ0) is 25.1. The van der Waals surface area contributed by atoms with Gasteiger partial charge >= 0.3 is 0 Å². The summed E-state index contributed by atoms with van der Waals surface area (Å²) < 4.78 is 27.7. The first-order valence-corrected chi connectivity index (χ1v) is 12.8. The van der Waals surface area contributed by atoms with E-state index in [-0.39, 0.29) is 16.4 Å². The number of hydrogen-bond donors (Lipinski definition) is 1. The fourth-order valence-electron chi connectivity index (χ4n) is 3.38. The van der Waals surface area contributed by atoms with Gasteiger partial charge in [-0.2, -0.15) is 0 Å². The summed E-state index contributed by atoms with van der Waals surface area (Å²) in [7, 11) is 1.51. The van der Waals surface area contributed by atoms with E-state index in [9.17, 15) is 14.0 Å². The van der Waals surface area contributed by atoms with Gasteiger partial charge in [0, 0.05) is 3.57 Å². The average molecular weight is 714 g/mol. The molecule has 0 aromatic heterocycles. The summed E-state index contributed by atoms with van der Waals surface area (Å²) >= 11 is 9.48. The number of halogens is 3. The third-order valence-corrected chi connectivity index (χ3v) is 6.86. The van der Waals surface area contributed by atoms with Crippen LogP contribution in [-0.4, -0.2) is 24.0 Å². The van der Waals surface area contributed by atoms with Crippen molar-refractivity contribution >= 4 is 86.1 Å². The molecule has 0 atom stereocenters. The van der Waals surface area contributed by atoms with E-state index in [2.05, 4.69) is 50.5 Å². The van der Waals surface area contributed by atoms with Crippen LogP contribution in [0.2, 0.25) is 0 Å². The van der Waals surface area contributed by atoms with Gasteiger partial charge in [0.25, 0.3) is 11.8 Å². The van der Waals surface area contributed by atoms with E-state index in [1.54, 1.807) is 18.2 Å². The van der Waals surface area contributed by atoms with Crippen LogP contribution in [0.3, 0.4) is 0 Å². The summed E-state index contributed by atoms with van der Waals surface area (Å²) in [6, 6.07) is 17.1. The predicted octanol–water partition coefficient (Wildman–Crippen LogP) is 5.45. The molecule has 0 spiro atoms. The van der Waals surface area contributed by atoms with E-state index >= 15 is 0 Å². The van der Waals surface area contributed by atoms with E-state index in [1.165, 1.54) is 31.4 Å². The van der Waals surface area contributed by atoms with Crippen LogP contribution in [0.4, 0.5) is 10.1 Å². The summed E-state index contributed by atoms with van der Waals surface area (Å²) in [5.41, 5.74) is 1.31. The molecule has 178 valence electrons. The maximum atomic E-state index is 14.4. The molecule has 6 nitrogen and oxygen atoms in total. The third kappa shape index (κ3) is 5.64. The molecule has 0 radical (unpaired) electrons. The number of para-hydroxylation sites is 1. The highest BCUT2D eigenvalue weighted by molar-refractivity contribution is 14.1. The molecular weight excluding hydrogens is 697 g/mol. The number of methoxy groups -OCH3 is 1. The Morgan fingerprint density at radius 2 is 1.80 bits per heavy atom. The average Bonchev–Trinajstić information content (AvgIpc) is 2.83. The minimum absolute atomic E-state index is 0.0418. The van der Waals surface area contributed by atoms with Crippen LogP contribution in [0.1, 0.15) is 11.1 Å². The SMILES string of the molecule is COc1cc(/C=C2\C(=O)NC(=S)N(c3ccccc3F)C2=O)cc(I)c1OCc1ccc(I)cc1. The van der Waals surface area contributed by atoms with E-state index in [4.69, 9.17) is 21.7 Å². The van der Waals surface area contributed by atoms with Crippen molar-refractivity contribution in [1.29, 1.82) is 0 Å². The molecule has 4 rings (SSSR count). The Morgan fingerprint density at radius 3 is 2.49 bits per heavy atom. The first kappa shape index (κ1) is 25.5. The standard InChI is InChI=1S/C25H17FI2N2O4S/c1-33-21-12-15(11-19(28)22(21)34-13-14-6-8-16(27)9-7-14)10-17-23(31)29-25(35)30(24(17)32)20-5-3-2-4-18(20)26/h2-12H,13H2,1H3,(H,29,31,35)/b17-10+. The highest BCUT2D eigenvalue weighted by Crippen LogP contribution is 2.35. The smallest absolute Gasteiger partial charge is 0.270 e. The van der Waals surface area contributed by atoms with Gasteiger partial charge in [0.2, 0.25) is 0 Å². The van der Waals surface area contributed by atoms with E-state index in [1.807, 2.05) is 24.3 Å². The van der Waals surface area contributed by atoms with Crippen LogP contribution < -0.4 is 19.7 Å².